The van der Waals surface area contributed by atoms with Gasteiger partial charge in [-0.2, -0.15) is 0 Å². The third-order valence-corrected chi connectivity index (χ3v) is 4.45. The molecule has 1 aliphatic rings. The van der Waals surface area contributed by atoms with Crippen LogP contribution in [-0.2, 0) is 17.8 Å². The lowest BCUT2D eigenvalue weighted by Gasteiger charge is -2.27. The summed E-state index contributed by atoms with van der Waals surface area (Å²) in [5, 5.41) is 2.84. The molecule has 130 valence electrons. The van der Waals surface area contributed by atoms with Crippen LogP contribution in [-0.4, -0.2) is 47.2 Å². The third kappa shape index (κ3) is 3.16. The van der Waals surface area contributed by atoms with Crippen molar-refractivity contribution in [1.82, 2.24) is 14.5 Å². The maximum absolute atomic E-state index is 12.1. The van der Waals surface area contributed by atoms with Gasteiger partial charge in [-0.1, -0.05) is 0 Å². The highest BCUT2D eigenvalue weighted by atomic mass is 16.5. The number of furan rings is 1. The van der Waals surface area contributed by atoms with E-state index < -0.39 is 0 Å². The quantitative estimate of drug-likeness (QED) is 0.772. The fourth-order valence-corrected chi connectivity index (χ4v) is 3.16. The van der Waals surface area contributed by atoms with Crippen molar-refractivity contribution in [1.29, 1.82) is 0 Å². The summed E-state index contributed by atoms with van der Waals surface area (Å²) in [7, 11) is 1.72. The molecule has 0 saturated carbocycles. The van der Waals surface area contributed by atoms with E-state index in [2.05, 4.69) is 14.8 Å². The molecule has 4 rings (SSSR count). The number of amides is 1. The summed E-state index contributed by atoms with van der Waals surface area (Å²) in [5.41, 5.74) is 2.69. The number of anilines is 1. The Labute approximate surface area is 145 Å². The Morgan fingerprint density at radius 2 is 2.28 bits per heavy atom. The number of carbonyl (C=O) groups excluding carboxylic acids is 1. The summed E-state index contributed by atoms with van der Waals surface area (Å²) in [6.45, 7) is 4.34. The number of nitrogens with zero attached hydrogens (tertiary/aromatic N) is 3. The number of hydrogen-bond donors (Lipinski definition) is 1. The third-order valence-electron chi connectivity index (χ3n) is 4.45. The van der Waals surface area contributed by atoms with Gasteiger partial charge >= 0.3 is 0 Å². The predicted octanol–water partition coefficient (Wildman–Crippen LogP) is 2.34. The summed E-state index contributed by atoms with van der Waals surface area (Å²) in [5.74, 6) is 1.07. The fraction of sp³-hybridized carbons (Fsp3) is 0.333. The minimum atomic E-state index is -0.265. The molecular weight excluding hydrogens is 320 g/mol. The Morgan fingerprint density at radius 3 is 3.08 bits per heavy atom. The average Bonchev–Trinajstić information content (AvgIpc) is 3.26. The second-order valence-corrected chi connectivity index (χ2v) is 6.08. The highest BCUT2D eigenvalue weighted by molar-refractivity contribution is 6.03. The minimum Gasteiger partial charge on any atom is -0.459 e. The van der Waals surface area contributed by atoms with E-state index in [1.807, 2.05) is 18.2 Å². The van der Waals surface area contributed by atoms with Gasteiger partial charge in [0.05, 0.1) is 30.4 Å². The second-order valence-electron chi connectivity index (χ2n) is 6.08. The van der Waals surface area contributed by atoms with Gasteiger partial charge in [0, 0.05) is 32.4 Å². The molecule has 0 bridgehead atoms. The second kappa shape index (κ2) is 6.70. The molecule has 0 radical (unpaired) electrons. The van der Waals surface area contributed by atoms with Gasteiger partial charge < -0.3 is 19.0 Å². The summed E-state index contributed by atoms with van der Waals surface area (Å²) >= 11 is 0. The molecule has 2 aromatic heterocycles. The number of aromatic nitrogens is 2. The van der Waals surface area contributed by atoms with Crippen LogP contribution in [0.3, 0.4) is 0 Å². The standard InChI is InChI=1S/C18H20N4O3/c1-24-10-8-21-6-7-22-15-5-4-13(11-14(15)20-17(22)12-21)19-18(23)16-3-2-9-25-16/h2-5,9,11H,6-8,10,12H2,1H3,(H,19,23). The zero-order valence-electron chi connectivity index (χ0n) is 14.1. The molecule has 0 saturated heterocycles. The van der Waals surface area contributed by atoms with Gasteiger partial charge in [-0.05, 0) is 30.3 Å². The number of rotatable bonds is 5. The average molecular weight is 340 g/mol. The van der Waals surface area contributed by atoms with Crippen LogP contribution < -0.4 is 5.32 Å². The topological polar surface area (TPSA) is 72.5 Å². The number of benzene rings is 1. The molecular formula is C18H20N4O3. The summed E-state index contributed by atoms with van der Waals surface area (Å²) < 4.78 is 12.5. The van der Waals surface area contributed by atoms with Crippen molar-refractivity contribution >= 4 is 22.6 Å². The Kier molecular flexibility index (Phi) is 4.25. The Morgan fingerprint density at radius 1 is 1.36 bits per heavy atom. The highest BCUT2D eigenvalue weighted by Crippen LogP contribution is 2.24. The van der Waals surface area contributed by atoms with Crippen molar-refractivity contribution < 1.29 is 13.9 Å². The SMILES string of the molecule is COCCN1CCn2c(nc3cc(NC(=O)c4ccco4)ccc32)C1. The number of ether oxygens (including phenoxy) is 1. The Hall–Kier alpha value is -2.64. The molecule has 0 fully saturated rings. The number of imidazole rings is 1. The van der Waals surface area contributed by atoms with Crippen LogP contribution in [0.25, 0.3) is 11.0 Å². The van der Waals surface area contributed by atoms with Gasteiger partial charge in [0.1, 0.15) is 5.82 Å². The maximum atomic E-state index is 12.1. The van der Waals surface area contributed by atoms with Crippen molar-refractivity contribution in [3.8, 4) is 0 Å². The molecule has 0 spiro atoms. The fourth-order valence-electron chi connectivity index (χ4n) is 3.16. The van der Waals surface area contributed by atoms with E-state index in [0.29, 0.717) is 5.69 Å². The number of fused-ring (bicyclic) bond motifs is 3. The van der Waals surface area contributed by atoms with Crippen LogP contribution in [0.4, 0.5) is 5.69 Å². The number of hydrogen-bond acceptors (Lipinski definition) is 5. The summed E-state index contributed by atoms with van der Waals surface area (Å²) in [4.78, 5) is 19.2. The molecule has 1 N–H and O–H groups in total. The minimum absolute atomic E-state index is 0.265. The molecule has 3 heterocycles. The number of nitrogens with one attached hydrogen (secondary N) is 1. The molecule has 7 nitrogen and oxygen atoms in total. The van der Waals surface area contributed by atoms with Gasteiger partial charge in [-0.15, -0.1) is 0 Å². The molecule has 7 heteroatoms. The van der Waals surface area contributed by atoms with E-state index >= 15 is 0 Å². The van der Waals surface area contributed by atoms with E-state index in [1.54, 1.807) is 19.2 Å². The van der Waals surface area contributed by atoms with E-state index in [-0.39, 0.29) is 11.7 Å². The molecule has 25 heavy (non-hydrogen) atoms. The van der Waals surface area contributed by atoms with Crippen LogP contribution in [0.5, 0.6) is 0 Å². The zero-order valence-corrected chi connectivity index (χ0v) is 14.1. The molecule has 3 aromatic rings. The van der Waals surface area contributed by atoms with Crippen molar-refractivity contribution in [2.24, 2.45) is 0 Å². The Bertz CT molecular complexity index is 885. The Balaban J connectivity index is 1.55. The molecule has 0 atom stereocenters. The lowest BCUT2D eigenvalue weighted by atomic mass is 10.2. The molecule has 1 amide bonds. The first-order chi connectivity index (χ1) is 12.2. The van der Waals surface area contributed by atoms with Crippen LogP contribution in [0, 0.1) is 0 Å². The smallest absolute Gasteiger partial charge is 0.291 e. The van der Waals surface area contributed by atoms with Gasteiger partial charge in [-0.3, -0.25) is 9.69 Å². The van der Waals surface area contributed by atoms with Gasteiger partial charge in [0.25, 0.3) is 5.91 Å². The first-order valence-electron chi connectivity index (χ1n) is 8.30. The first kappa shape index (κ1) is 15.9. The molecule has 1 aromatic carbocycles. The van der Waals surface area contributed by atoms with E-state index in [1.165, 1.54) is 6.26 Å². The lowest BCUT2D eigenvalue weighted by molar-refractivity contribution is 0.0996. The van der Waals surface area contributed by atoms with Crippen LogP contribution in [0.15, 0.2) is 41.0 Å². The summed E-state index contributed by atoms with van der Waals surface area (Å²) in [6.07, 6.45) is 1.48. The van der Waals surface area contributed by atoms with Crippen LogP contribution in [0.1, 0.15) is 16.4 Å². The molecule has 0 unspecified atom stereocenters. The maximum Gasteiger partial charge on any atom is 0.291 e. The van der Waals surface area contributed by atoms with Crippen molar-refractivity contribution in [3.63, 3.8) is 0 Å². The monoisotopic (exact) mass is 340 g/mol. The lowest BCUT2D eigenvalue weighted by Crippen LogP contribution is -2.35. The predicted molar refractivity (Wildman–Crippen MR) is 93.5 cm³/mol. The van der Waals surface area contributed by atoms with Crippen molar-refractivity contribution in [2.75, 3.05) is 32.1 Å². The highest BCUT2D eigenvalue weighted by Gasteiger charge is 2.20. The van der Waals surface area contributed by atoms with Crippen molar-refractivity contribution in [3.05, 3.63) is 48.2 Å². The van der Waals surface area contributed by atoms with Crippen LogP contribution in [0.2, 0.25) is 0 Å². The number of methoxy groups -OCH3 is 1. The van der Waals surface area contributed by atoms with Gasteiger partial charge in [-0.25, -0.2) is 4.98 Å². The van der Waals surface area contributed by atoms with Gasteiger partial charge in [0.15, 0.2) is 5.76 Å². The largest absolute Gasteiger partial charge is 0.459 e. The van der Waals surface area contributed by atoms with E-state index in [4.69, 9.17) is 14.1 Å². The van der Waals surface area contributed by atoms with Crippen molar-refractivity contribution in [2.45, 2.75) is 13.1 Å². The van der Waals surface area contributed by atoms with E-state index in [0.717, 1.165) is 49.6 Å². The van der Waals surface area contributed by atoms with Gasteiger partial charge in [0.2, 0.25) is 0 Å². The van der Waals surface area contributed by atoms with Crippen LogP contribution >= 0.6 is 0 Å². The number of carbonyl (C=O) groups is 1. The summed E-state index contributed by atoms with van der Waals surface area (Å²) in [6, 6.07) is 9.14. The molecule has 1 aliphatic heterocycles. The zero-order chi connectivity index (χ0) is 17.2. The van der Waals surface area contributed by atoms with E-state index in [9.17, 15) is 4.79 Å². The molecule has 0 aliphatic carbocycles. The first-order valence-corrected chi connectivity index (χ1v) is 8.30. The normalized spacial score (nSPS) is 14.6.